The molecule has 1 N–H and O–H groups in total. The van der Waals surface area contributed by atoms with Crippen LogP contribution in [0.4, 0.5) is 5.69 Å². The number of hydrogen-bond donors (Lipinski definition) is 1. The summed E-state index contributed by atoms with van der Waals surface area (Å²) >= 11 is 0. The molecule has 0 bridgehead atoms. The molecule has 0 aliphatic carbocycles. The molecule has 0 atom stereocenters. The lowest BCUT2D eigenvalue weighted by Crippen LogP contribution is -2.39. The average Bonchev–Trinajstić information content (AvgIpc) is 2.91. The monoisotopic (exact) mass is 513 g/mol. The van der Waals surface area contributed by atoms with Crippen molar-refractivity contribution in [2.45, 2.75) is 4.90 Å². The van der Waals surface area contributed by atoms with Crippen LogP contribution < -0.4 is 28.7 Å². The van der Waals surface area contributed by atoms with Gasteiger partial charge in [0.25, 0.3) is 15.9 Å². The van der Waals surface area contributed by atoms with E-state index in [1.165, 1.54) is 58.9 Å². The van der Waals surface area contributed by atoms with Crippen molar-refractivity contribution < 1.29 is 32.2 Å². The van der Waals surface area contributed by atoms with Gasteiger partial charge in [-0.2, -0.15) is 5.10 Å². The van der Waals surface area contributed by atoms with Gasteiger partial charge in [-0.25, -0.2) is 13.8 Å². The standard InChI is InChI=1S/C25H27N3O7S/c1-32-21-12-10-18(14-23(21)34-3)16-26-27-25(29)17-28(36(30,31)20-8-6-5-7-9-20)19-11-13-22(33-2)24(15-19)35-4/h5-16H,17H2,1-4H3,(H,27,29)/b26-16-. The lowest BCUT2D eigenvalue weighted by atomic mass is 10.2. The minimum absolute atomic E-state index is 0.0291. The van der Waals surface area contributed by atoms with Gasteiger partial charge in [-0.05, 0) is 48.0 Å². The highest BCUT2D eigenvalue weighted by Crippen LogP contribution is 2.33. The Hall–Kier alpha value is -4.25. The van der Waals surface area contributed by atoms with Crippen LogP contribution in [-0.2, 0) is 14.8 Å². The first kappa shape index (κ1) is 26.4. The first-order chi connectivity index (χ1) is 17.3. The van der Waals surface area contributed by atoms with Crippen molar-refractivity contribution in [3.05, 3.63) is 72.3 Å². The van der Waals surface area contributed by atoms with E-state index in [4.69, 9.17) is 18.9 Å². The van der Waals surface area contributed by atoms with E-state index in [0.29, 0.717) is 28.6 Å². The molecule has 3 rings (SSSR count). The molecule has 0 spiro atoms. The van der Waals surface area contributed by atoms with E-state index < -0.39 is 22.5 Å². The maximum absolute atomic E-state index is 13.5. The van der Waals surface area contributed by atoms with Crippen LogP contribution in [0.3, 0.4) is 0 Å². The van der Waals surface area contributed by atoms with Gasteiger partial charge in [0.15, 0.2) is 23.0 Å². The fraction of sp³-hybridized carbons (Fsp3) is 0.200. The third kappa shape index (κ3) is 6.05. The minimum Gasteiger partial charge on any atom is -0.493 e. The van der Waals surface area contributed by atoms with E-state index in [1.807, 2.05) is 0 Å². The zero-order valence-electron chi connectivity index (χ0n) is 20.3. The van der Waals surface area contributed by atoms with Crippen LogP contribution in [0.2, 0.25) is 0 Å². The van der Waals surface area contributed by atoms with Gasteiger partial charge < -0.3 is 18.9 Å². The van der Waals surface area contributed by atoms with Gasteiger partial charge in [0.1, 0.15) is 6.54 Å². The lowest BCUT2D eigenvalue weighted by molar-refractivity contribution is -0.119. The van der Waals surface area contributed by atoms with Gasteiger partial charge in [-0.3, -0.25) is 9.10 Å². The summed E-state index contributed by atoms with van der Waals surface area (Å²) in [4.78, 5) is 12.8. The summed E-state index contributed by atoms with van der Waals surface area (Å²) in [5.74, 6) is 1.13. The maximum Gasteiger partial charge on any atom is 0.264 e. The van der Waals surface area contributed by atoms with Crippen LogP contribution in [0.15, 0.2) is 76.7 Å². The number of carbonyl (C=O) groups excluding carboxylic acids is 1. The second-order valence-electron chi connectivity index (χ2n) is 7.27. The van der Waals surface area contributed by atoms with Crippen LogP contribution in [-0.4, -0.2) is 55.5 Å². The Kier molecular flexibility index (Phi) is 8.74. The summed E-state index contributed by atoms with van der Waals surface area (Å²) in [5, 5.41) is 3.95. The molecule has 0 radical (unpaired) electrons. The Morgan fingerprint density at radius 1 is 0.833 bits per heavy atom. The number of hydrazone groups is 1. The smallest absolute Gasteiger partial charge is 0.264 e. The van der Waals surface area contributed by atoms with Crippen LogP contribution in [0.25, 0.3) is 0 Å². The van der Waals surface area contributed by atoms with Crippen LogP contribution >= 0.6 is 0 Å². The van der Waals surface area contributed by atoms with Gasteiger partial charge in [0, 0.05) is 6.07 Å². The second kappa shape index (κ2) is 11.9. The summed E-state index contributed by atoms with van der Waals surface area (Å²) < 4.78 is 48.9. The summed E-state index contributed by atoms with van der Waals surface area (Å²) in [5.41, 5.74) is 3.23. The van der Waals surface area contributed by atoms with Gasteiger partial charge in [-0.15, -0.1) is 0 Å². The molecular formula is C25H27N3O7S. The number of ether oxygens (including phenoxy) is 4. The van der Waals surface area contributed by atoms with Crippen molar-refractivity contribution in [3.8, 4) is 23.0 Å². The third-order valence-corrected chi connectivity index (χ3v) is 6.87. The SMILES string of the molecule is COc1ccc(/C=N\NC(=O)CN(c2ccc(OC)c(OC)c2)S(=O)(=O)c2ccccc2)cc1OC. The molecule has 190 valence electrons. The molecule has 0 aliphatic rings. The predicted octanol–water partition coefficient (Wildman–Crippen LogP) is 3.07. The van der Waals surface area contributed by atoms with Crippen molar-refractivity contribution in [1.82, 2.24) is 5.43 Å². The Bertz CT molecular complexity index is 1330. The number of hydrogen-bond acceptors (Lipinski definition) is 8. The molecular weight excluding hydrogens is 486 g/mol. The number of rotatable bonds is 11. The number of sulfonamides is 1. The molecule has 0 aromatic heterocycles. The number of carbonyl (C=O) groups is 1. The number of anilines is 1. The van der Waals surface area contributed by atoms with E-state index in [-0.39, 0.29) is 10.6 Å². The minimum atomic E-state index is -4.09. The van der Waals surface area contributed by atoms with E-state index in [9.17, 15) is 13.2 Å². The number of nitrogens with zero attached hydrogens (tertiary/aromatic N) is 2. The first-order valence-corrected chi connectivity index (χ1v) is 12.1. The Balaban J connectivity index is 1.87. The Morgan fingerprint density at radius 2 is 1.42 bits per heavy atom. The van der Waals surface area contributed by atoms with Crippen LogP contribution in [0.5, 0.6) is 23.0 Å². The Labute approximate surface area is 210 Å². The Morgan fingerprint density at radius 3 is 2.03 bits per heavy atom. The summed E-state index contributed by atoms with van der Waals surface area (Å²) in [6, 6.07) is 17.5. The number of methoxy groups -OCH3 is 4. The number of benzene rings is 3. The molecule has 0 unspecified atom stereocenters. The summed E-state index contributed by atoms with van der Waals surface area (Å²) in [6.45, 7) is -0.532. The van der Waals surface area contributed by atoms with E-state index in [1.54, 1.807) is 42.5 Å². The maximum atomic E-state index is 13.5. The highest BCUT2D eigenvalue weighted by molar-refractivity contribution is 7.92. The largest absolute Gasteiger partial charge is 0.493 e. The van der Waals surface area contributed by atoms with Crippen molar-refractivity contribution in [2.75, 3.05) is 39.3 Å². The summed E-state index contributed by atoms with van der Waals surface area (Å²) in [7, 11) is 1.85. The van der Waals surface area contributed by atoms with Crippen molar-refractivity contribution in [2.24, 2.45) is 5.10 Å². The van der Waals surface area contributed by atoms with E-state index >= 15 is 0 Å². The van der Waals surface area contributed by atoms with Crippen molar-refractivity contribution in [1.29, 1.82) is 0 Å². The summed E-state index contributed by atoms with van der Waals surface area (Å²) in [6.07, 6.45) is 1.41. The molecule has 3 aromatic carbocycles. The molecule has 0 saturated heterocycles. The zero-order chi connectivity index (χ0) is 26.1. The molecule has 3 aromatic rings. The third-order valence-electron chi connectivity index (χ3n) is 5.08. The van der Waals surface area contributed by atoms with Gasteiger partial charge in [0.2, 0.25) is 0 Å². The topological polar surface area (TPSA) is 116 Å². The average molecular weight is 514 g/mol. The molecule has 0 fully saturated rings. The quantitative estimate of drug-likeness (QED) is 0.309. The zero-order valence-corrected chi connectivity index (χ0v) is 21.1. The highest BCUT2D eigenvalue weighted by atomic mass is 32.2. The van der Waals surface area contributed by atoms with Gasteiger partial charge in [0.05, 0.1) is 45.2 Å². The van der Waals surface area contributed by atoms with Gasteiger partial charge in [-0.1, -0.05) is 18.2 Å². The fourth-order valence-electron chi connectivity index (χ4n) is 3.29. The van der Waals surface area contributed by atoms with E-state index in [0.717, 1.165) is 4.31 Å². The van der Waals surface area contributed by atoms with Gasteiger partial charge >= 0.3 is 0 Å². The molecule has 0 aliphatic heterocycles. The fourth-order valence-corrected chi connectivity index (χ4v) is 4.73. The van der Waals surface area contributed by atoms with Crippen molar-refractivity contribution in [3.63, 3.8) is 0 Å². The number of amides is 1. The number of nitrogens with one attached hydrogen (secondary N) is 1. The normalized spacial score (nSPS) is 11.1. The molecule has 36 heavy (non-hydrogen) atoms. The molecule has 0 heterocycles. The lowest BCUT2D eigenvalue weighted by Gasteiger charge is -2.24. The molecule has 10 nitrogen and oxygen atoms in total. The van der Waals surface area contributed by atoms with Crippen LogP contribution in [0, 0.1) is 0 Å². The first-order valence-electron chi connectivity index (χ1n) is 10.7. The van der Waals surface area contributed by atoms with Crippen LogP contribution in [0.1, 0.15) is 5.56 Å². The van der Waals surface area contributed by atoms with E-state index in [2.05, 4.69) is 10.5 Å². The molecule has 11 heteroatoms. The molecule has 0 saturated carbocycles. The second-order valence-corrected chi connectivity index (χ2v) is 9.13. The molecule has 1 amide bonds. The predicted molar refractivity (Wildman–Crippen MR) is 136 cm³/mol. The highest BCUT2D eigenvalue weighted by Gasteiger charge is 2.28. The van der Waals surface area contributed by atoms with Crippen molar-refractivity contribution >= 4 is 27.8 Å².